The van der Waals surface area contributed by atoms with Gasteiger partial charge in [-0.15, -0.1) is 0 Å². The molecule has 14 heteroatoms. The molecule has 0 spiro atoms. The first-order valence-corrected chi connectivity index (χ1v) is 15.1. The summed E-state index contributed by atoms with van der Waals surface area (Å²) in [6, 6.07) is 3.36. The number of carbonyl (C=O) groups is 2. The molecular weight excluding hydrogens is 556 g/mol. The molecule has 1 amide bonds. The molecule has 0 unspecified atom stereocenters. The molecule has 40 heavy (non-hydrogen) atoms. The number of hydrogen-bond acceptors (Lipinski definition) is 11. The Bertz CT molecular complexity index is 1520. The predicted molar refractivity (Wildman–Crippen MR) is 153 cm³/mol. The average molecular weight is 591 g/mol. The quantitative estimate of drug-likeness (QED) is 0.299. The highest BCUT2D eigenvalue weighted by Crippen LogP contribution is 2.31. The van der Waals surface area contributed by atoms with E-state index in [1.165, 1.54) is 18.2 Å². The number of esters is 1. The van der Waals surface area contributed by atoms with E-state index in [-0.39, 0.29) is 35.7 Å². The summed E-state index contributed by atoms with van der Waals surface area (Å²) in [7, 11) is -2.52. The number of nitrogens with one attached hydrogen (secondary N) is 2. The van der Waals surface area contributed by atoms with Crippen molar-refractivity contribution < 1.29 is 27.5 Å². The fourth-order valence-corrected chi connectivity index (χ4v) is 7.00. The van der Waals surface area contributed by atoms with Gasteiger partial charge in [-0.2, -0.15) is 4.72 Å². The molecule has 4 rings (SSSR count). The fourth-order valence-electron chi connectivity index (χ4n) is 4.52. The summed E-state index contributed by atoms with van der Waals surface area (Å²) >= 11 is 0.979. The van der Waals surface area contributed by atoms with Crippen molar-refractivity contribution in [3.05, 3.63) is 36.2 Å². The van der Waals surface area contributed by atoms with Gasteiger partial charge in [0.05, 0.1) is 19.9 Å². The van der Waals surface area contributed by atoms with Gasteiger partial charge in [-0.1, -0.05) is 11.3 Å². The van der Waals surface area contributed by atoms with Gasteiger partial charge in [-0.05, 0) is 63.3 Å². The lowest BCUT2D eigenvalue weighted by atomic mass is 10.00. The molecule has 2 aromatic heterocycles. The molecule has 0 aliphatic carbocycles. The number of aromatic nitrogens is 2. The van der Waals surface area contributed by atoms with E-state index in [4.69, 9.17) is 15.2 Å². The third-order valence-electron chi connectivity index (χ3n) is 6.31. The molecule has 1 saturated heterocycles. The van der Waals surface area contributed by atoms with E-state index in [0.29, 0.717) is 27.6 Å². The van der Waals surface area contributed by atoms with Gasteiger partial charge in [0.15, 0.2) is 9.34 Å². The number of hydrogen-bond donors (Lipinski definition) is 3. The van der Waals surface area contributed by atoms with Gasteiger partial charge in [-0.25, -0.2) is 23.2 Å². The molecule has 0 radical (unpaired) electrons. The number of carbonyl (C=O) groups excluding carboxylic acids is 2. The number of nitrogens with two attached hydrogens (primary N) is 1. The number of anilines is 2. The minimum Gasteiger partial charge on any atom is -0.496 e. The van der Waals surface area contributed by atoms with E-state index in [9.17, 15) is 18.0 Å². The van der Waals surface area contributed by atoms with Gasteiger partial charge in [-0.3, -0.25) is 4.79 Å². The van der Waals surface area contributed by atoms with Crippen molar-refractivity contribution in [3.8, 4) is 5.75 Å². The van der Waals surface area contributed by atoms with Gasteiger partial charge in [0, 0.05) is 30.1 Å². The van der Waals surface area contributed by atoms with E-state index in [2.05, 4.69) is 20.0 Å². The smallest absolute Gasteiger partial charge is 0.329 e. The van der Waals surface area contributed by atoms with Crippen LogP contribution in [0.1, 0.15) is 39.7 Å². The largest absolute Gasteiger partial charge is 0.496 e. The molecule has 1 fully saturated rings. The molecule has 3 aromatic rings. The van der Waals surface area contributed by atoms with Crippen LogP contribution in [0, 0.1) is 0 Å². The van der Waals surface area contributed by atoms with Crippen molar-refractivity contribution >= 4 is 55.0 Å². The topological polar surface area (TPSA) is 166 Å². The summed E-state index contributed by atoms with van der Waals surface area (Å²) in [6.45, 7) is 7.79. The van der Waals surface area contributed by atoms with Crippen LogP contribution in [0.25, 0.3) is 10.8 Å². The van der Waals surface area contributed by atoms with E-state index in [1.807, 2.05) is 26.8 Å². The third-order valence-corrected chi connectivity index (χ3v) is 9.16. The number of rotatable bonds is 10. The standard InChI is InChI=1S/C26H34N6O6S2/c1-6-38-24(34)19(12-16-11-15-7-9-28-22(27)17(15)13-20(16)37-5)32-10-8-18(23(32)33)31-40(35,36)21-14-29-25(39-21)30-26(2,3)4/h7,9,11,13-14,18-19,31H,6,8,10,12H2,1-5H3,(H2,27,28)(H,29,30)/t18-,19+/m0/s1. The second-order valence-electron chi connectivity index (χ2n) is 10.4. The van der Waals surface area contributed by atoms with Gasteiger partial charge in [0.1, 0.15) is 23.7 Å². The highest BCUT2D eigenvalue weighted by molar-refractivity contribution is 7.91. The Hall–Kier alpha value is -3.49. The van der Waals surface area contributed by atoms with Crippen molar-refractivity contribution in [3.63, 3.8) is 0 Å². The fraction of sp³-hybridized carbons (Fsp3) is 0.462. The molecule has 2 atom stereocenters. The van der Waals surface area contributed by atoms with E-state index in [1.54, 1.807) is 25.3 Å². The lowest BCUT2D eigenvalue weighted by molar-refractivity contribution is -0.153. The summed E-state index contributed by atoms with van der Waals surface area (Å²) in [4.78, 5) is 36.2. The minimum absolute atomic E-state index is 0.0119. The highest BCUT2D eigenvalue weighted by Gasteiger charge is 2.42. The zero-order valence-electron chi connectivity index (χ0n) is 23.1. The summed E-state index contributed by atoms with van der Waals surface area (Å²) in [5.41, 5.74) is 6.38. The van der Waals surface area contributed by atoms with Crippen LogP contribution in [0.4, 0.5) is 10.9 Å². The Morgan fingerprint density at radius 2 is 2.05 bits per heavy atom. The third kappa shape index (κ3) is 6.45. The predicted octanol–water partition coefficient (Wildman–Crippen LogP) is 2.55. The number of ether oxygens (including phenoxy) is 2. The molecular formula is C26H34N6O6S2. The maximum atomic E-state index is 13.5. The summed E-state index contributed by atoms with van der Waals surface area (Å²) in [5, 5.41) is 5.09. The maximum Gasteiger partial charge on any atom is 0.329 e. The number of sulfonamides is 1. The summed E-state index contributed by atoms with van der Waals surface area (Å²) < 4.78 is 39.5. The van der Waals surface area contributed by atoms with E-state index < -0.39 is 34.0 Å². The van der Waals surface area contributed by atoms with Crippen molar-refractivity contribution in [2.75, 3.05) is 31.3 Å². The zero-order valence-corrected chi connectivity index (χ0v) is 24.7. The zero-order chi connectivity index (χ0) is 29.2. The number of nitrogens with zero attached hydrogens (tertiary/aromatic N) is 3. The molecule has 216 valence electrons. The van der Waals surface area contributed by atoms with Crippen LogP contribution >= 0.6 is 11.3 Å². The Kier molecular flexibility index (Phi) is 8.52. The van der Waals surface area contributed by atoms with Crippen LogP contribution in [0.3, 0.4) is 0 Å². The molecule has 1 aliphatic rings. The number of methoxy groups -OCH3 is 1. The van der Waals surface area contributed by atoms with Crippen LogP contribution in [-0.4, -0.2) is 73.0 Å². The highest BCUT2D eigenvalue weighted by atomic mass is 32.2. The first-order valence-electron chi connectivity index (χ1n) is 12.8. The lowest BCUT2D eigenvalue weighted by Gasteiger charge is -2.27. The van der Waals surface area contributed by atoms with Gasteiger partial charge in [0.25, 0.3) is 10.0 Å². The summed E-state index contributed by atoms with van der Waals surface area (Å²) in [5.74, 6) is -0.268. The van der Waals surface area contributed by atoms with Crippen molar-refractivity contribution in [1.29, 1.82) is 0 Å². The van der Waals surface area contributed by atoms with E-state index >= 15 is 0 Å². The van der Waals surface area contributed by atoms with Crippen LogP contribution in [-0.2, 0) is 30.8 Å². The Balaban J connectivity index is 1.57. The first kappa shape index (κ1) is 29.5. The van der Waals surface area contributed by atoms with Crippen LogP contribution < -0.4 is 20.5 Å². The Labute approximate surface area is 237 Å². The van der Waals surface area contributed by atoms with Crippen molar-refractivity contribution in [2.24, 2.45) is 0 Å². The summed E-state index contributed by atoms with van der Waals surface area (Å²) in [6.07, 6.45) is 3.13. The average Bonchev–Trinajstić information content (AvgIpc) is 3.48. The van der Waals surface area contributed by atoms with Crippen molar-refractivity contribution in [2.45, 2.75) is 62.4 Å². The number of pyridine rings is 1. The lowest BCUT2D eigenvalue weighted by Crippen LogP contribution is -2.48. The van der Waals surface area contributed by atoms with Gasteiger partial charge in [0.2, 0.25) is 5.91 Å². The van der Waals surface area contributed by atoms with Crippen LogP contribution in [0.2, 0.25) is 0 Å². The number of nitrogen functional groups attached to an aromatic ring is 1. The normalized spacial score (nSPS) is 16.8. The molecule has 12 nitrogen and oxygen atoms in total. The minimum atomic E-state index is -4.02. The molecule has 4 N–H and O–H groups in total. The molecule has 3 heterocycles. The number of amides is 1. The second kappa shape index (κ2) is 11.6. The number of benzene rings is 1. The monoisotopic (exact) mass is 590 g/mol. The number of likely N-dealkylation sites (tertiary alicyclic amines) is 1. The second-order valence-corrected chi connectivity index (χ2v) is 13.4. The SMILES string of the molecule is CCOC(=O)[C@@H](Cc1cc2ccnc(N)c2cc1OC)N1CC[C@H](NS(=O)(=O)c2cnc(NC(C)(C)C)s2)C1=O. The maximum absolute atomic E-state index is 13.5. The van der Waals surface area contributed by atoms with Gasteiger partial charge >= 0.3 is 5.97 Å². The number of fused-ring (bicyclic) bond motifs is 1. The van der Waals surface area contributed by atoms with E-state index in [0.717, 1.165) is 16.7 Å². The van der Waals surface area contributed by atoms with Crippen LogP contribution in [0.5, 0.6) is 5.75 Å². The van der Waals surface area contributed by atoms with Gasteiger partial charge < -0.3 is 25.4 Å². The molecule has 1 aromatic carbocycles. The number of thiazole rings is 1. The Morgan fingerprint density at radius 1 is 1.30 bits per heavy atom. The van der Waals surface area contributed by atoms with Crippen LogP contribution in [0.15, 0.2) is 34.8 Å². The van der Waals surface area contributed by atoms with Crippen molar-refractivity contribution in [1.82, 2.24) is 19.6 Å². The molecule has 0 saturated carbocycles. The Morgan fingerprint density at radius 3 is 2.73 bits per heavy atom. The molecule has 0 bridgehead atoms. The molecule has 1 aliphatic heterocycles. The first-order chi connectivity index (χ1) is 18.8.